The molecule has 0 atom stereocenters. The highest BCUT2D eigenvalue weighted by molar-refractivity contribution is 7.07. The summed E-state index contributed by atoms with van der Waals surface area (Å²) < 4.78 is 0. The van der Waals surface area contributed by atoms with Crippen molar-refractivity contribution >= 4 is 22.9 Å². The Morgan fingerprint density at radius 2 is 2.22 bits per heavy atom. The Morgan fingerprint density at radius 1 is 1.39 bits per heavy atom. The second kappa shape index (κ2) is 5.69. The molecule has 2 aromatic rings. The molecule has 0 spiro atoms. The fourth-order valence-electron chi connectivity index (χ4n) is 1.73. The van der Waals surface area contributed by atoms with Crippen LogP contribution in [0.15, 0.2) is 35.0 Å². The predicted octanol–water partition coefficient (Wildman–Crippen LogP) is 2.61. The Labute approximate surface area is 111 Å². The molecule has 1 aromatic carbocycles. The van der Waals surface area contributed by atoms with E-state index in [9.17, 15) is 4.79 Å². The quantitative estimate of drug-likeness (QED) is 0.830. The molecule has 0 unspecified atom stereocenters. The molecule has 0 radical (unpaired) electrons. The van der Waals surface area contributed by atoms with Crippen molar-refractivity contribution in [2.24, 2.45) is 0 Å². The smallest absolute Gasteiger partial charge is 0.251 e. The molecule has 3 N–H and O–H groups in total. The highest BCUT2D eigenvalue weighted by Gasteiger charge is 2.08. The highest BCUT2D eigenvalue weighted by Crippen LogP contribution is 2.12. The number of nitrogens with one attached hydrogen (secondary N) is 1. The summed E-state index contributed by atoms with van der Waals surface area (Å²) in [5.74, 6) is -0.0602. The lowest BCUT2D eigenvalue weighted by atomic mass is 10.1. The number of nitrogens with two attached hydrogens (primary N) is 1. The molecule has 1 heterocycles. The number of nitrogen functional groups attached to an aromatic ring is 1. The maximum Gasteiger partial charge on any atom is 0.251 e. The number of hydrogen-bond acceptors (Lipinski definition) is 3. The molecule has 1 amide bonds. The van der Waals surface area contributed by atoms with Crippen LogP contribution in [0.1, 0.15) is 21.5 Å². The Morgan fingerprint density at radius 3 is 2.94 bits per heavy atom. The van der Waals surface area contributed by atoms with Crippen molar-refractivity contribution in [2.75, 3.05) is 12.3 Å². The Bertz CT molecular complexity index is 535. The Balaban J connectivity index is 1.93. The van der Waals surface area contributed by atoms with E-state index in [0.717, 1.165) is 12.0 Å². The van der Waals surface area contributed by atoms with E-state index < -0.39 is 0 Å². The summed E-state index contributed by atoms with van der Waals surface area (Å²) in [5.41, 5.74) is 9.16. The van der Waals surface area contributed by atoms with Crippen LogP contribution in [-0.4, -0.2) is 12.5 Å². The van der Waals surface area contributed by atoms with E-state index in [2.05, 4.69) is 16.8 Å². The summed E-state index contributed by atoms with van der Waals surface area (Å²) in [6.07, 6.45) is 0.858. The summed E-state index contributed by atoms with van der Waals surface area (Å²) in [6.45, 7) is 2.55. The van der Waals surface area contributed by atoms with Gasteiger partial charge in [0, 0.05) is 17.8 Å². The minimum absolute atomic E-state index is 0.0602. The zero-order valence-corrected chi connectivity index (χ0v) is 11.1. The van der Waals surface area contributed by atoms with Crippen LogP contribution in [0.4, 0.5) is 5.69 Å². The fraction of sp³-hybridized carbons (Fsp3) is 0.214. The second-order valence-electron chi connectivity index (χ2n) is 4.21. The van der Waals surface area contributed by atoms with Crippen LogP contribution in [0.2, 0.25) is 0 Å². The first-order valence-corrected chi connectivity index (χ1v) is 6.76. The van der Waals surface area contributed by atoms with E-state index >= 15 is 0 Å². The minimum atomic E-state index is -0.0602. The SMILES string of the molecule is Cc1ccc(N)cc1C(=O)NCCc1ccsc1. The number of amides is 1. The number of carbonyl (C=O) groups excluding carboxylic acids is 1. The lowest BCUT2D eigenvalue weighted by molar-refractivity contribution is 0.0953. The van der Waals surface area contributed by atoms with E-state index in [0.29, 0.717) is 17.8 Å². The second-order valence-corrected chi connectivity index (χ2v) is 4.99. The lowest BCUT2D eigenvalue weighted by Crippen LogP contribution is -2.26. The largest absolute Gasteiger partial charge is 0.399 e. The van der Waals surface area contributed by atoms with Crippen molar-refractivity contribution in [1.82, 2.24) is 5.32 Å². The van der Waals surface area contributed by atoms with Crippen molar-refractivity contribution < 1.29 is 4.79 Å². The average Bonchev–Trinajstić information content (AvgIpc) is 2.85. The molecule has 0 aliphatic rings. The van der Waals surface area contributed by atoms with Gasteiger partial charge in [0.2, 0.25) is 0 Å². The first-order chi connectivity index (χ1) is 8.66. The number of carbonyl (C=O) groups is 1. The maximum atomic E-state index is 12.0. The normalized spacial score (nSPS) is 10.3. The van der Waals surface area contributed by atoms with Crippen LogP contribution in [0.25, 0.3) is 0 Å². The van der Waals surface area contributed by atoms with Crippen molar-refractivity contribution in [1.29, 1.82) is 0 Å². The van der Waals surface area contributed by atoms with Crippen molar-refractivity contribution in [3.05, 3.63) is 51.7 Å². The third kappa shape index (κ3) is 3.11. The fourth-order valence-corrected chi connectivity index (χ4v) is 2.44. The van der Waals surface area contributed by atoms with Crippen LogP contribution < -0.4 is 11.1 Å². The van der Waals surface area contributed by atoms with Gasteiger partial charge in [0.1, 0.15) is 0 Å². The minimum Gasteiger partial charge on any atom is -0.399 e. The molecule has 94 valence electrons. The molecule has 18 heavy (non-hydrogen) atoms. The van der Waals surface area contributed by atoms with Crippen molar-refractivity contribution in [3.8, 4) is 0 Å². The van der Waals surface area contributed by atoms with E-state index in [1.54, 1.807) is 23.5 Å². The number of thiophene rings is 1. The summed E-state index contributed by atoms with van der Waals surface area (Å²) in [6, 6.07) is 7.46. The Hall–Kier alpha value is -1.81. The zero-order valence-electron chi connectivity index (χ0n) is 10.3. The van der Waals surface area contributed by atoms with Crippen LogP contribution >= 0.6 is 11.3 Å². The van der Waals surface area contributed by atoms with Gasteiger partial charge in [-0.1, -0.05) is 6.07 Å². The van der Waals surface area contributed by atoms with E-state index in [-0.39, 0.29) is 5.91 Å². The van der Waals surface area contributed by atoms with Gasteiger partial charge in [-0.25, -0.2) is 0 Å². The van der Waals surface area contributed by atoms with Crippen LogP contribution in [-0.2, 0) is 6.42 Å². The average molecular weight is 260 g/mol. The van der Waals surface area contributed by atoms with Crippen molar-refractivity contribution in [2.45, 2.75) is 13.3 Å². The molecule has 4 heteroatoms. The standard InChI is InChI=1S/C14H16N2OS/c1-10-2-3-12(15)8-13(10)14(17)16-6-4-11-5-7-18-9-11/h2-3,5,7-9H,4,6,15H2,1H3,(H,16,17). The molecule has 0 aliphatic heterocycles. The van der Waals surface area contributed by atoms with Crippen LogP contribution in [0.5, 0.6) is 0 Å². The lowest BCUT2D eigenvalue weighted by Gasteiger charge is -2.08. The number of hydrogen-bond donors (Lipinski definition) is 2. The molecule has 0 aliphatic carbocycles. The number of rotatable bonds is 4. The third-order valence-corrected chi connectivity index (χ3v) is 3.52. The van der Waals surface area contributed by atoms with Gasteiger partial charge in [-0.05, 0) is 53.4 Å². The molecule has 2 rings (SSSR count). The van der Waals surface area contributed by atoms with Gasteiger partial charge in [0.25, 0.3) is 5.91 Å². The number of aryl methyl sites for hydroxylation is 1. The summed E-state index contributed by atoms with van der Waals surface area (Å²) in [4.78, 5) is 12.0. The molecule has 3 nitrogen and oxygen atoms in total. The van der Waals surface area contributed by atoms with Crippen LogP contribution in [0.3, 0.4) is 0 Å². The third-order valence-electron chi connectivity index (χ3n) is 2.79. The van der Waals surface area contributed by atoms with Crippen molar-refractivity contribution in [3.63, 3.8) is 0 Å². The summed E-state index contributed by atoms with van der Waals surface area (Å²) >= 11 is 1.67. The first-order valence-electron chi connectivity index (χ1n) is 5.82. The van der Waals surface area contributed by atoms with Gasteiger partial charge in [0.05, 0.1) is 0 Å². The van der Waals surface area contributed by atoms with E-state index in [1.165, 1.54) is 5.56 Å². The van der Waals surface area contributed by atoms with Gasteiger partial charge < -0.3 is 11.1 Å². The molecule has 1 aromatic heterocycles. The Kier molecular flexibility index (Phi) is 3.99. The molecular weight excluding hydrogens is 244 g/mol. The zero-order chi connectivity index (χ0) is 13.0. The topological polar surface area (TPSA) is 55.1 Å². The molecular formula is C14H16N2OS. The predicted molar refractivity (Wildman–Crippen MR) is 75.9 cm³/mol. The van der Waals surface area contributed by atoms with Gasteiger partial charge in [-0.2, -0.15) is 11.3 Å². The number of benzene rings is 1. The van der Waals surface area contributed by atoms with E-state index in [4.69, 9.17) is 5.73 Å². The molecule has 0 bridgehead atoms. The first kappa shape index (κ1) is 12.6. The van der Waals surface area contributed by atoms with Gasteiger partial charge in [0.15, 0.2) is 0 Å². The number of anilines is 1. The molecule has 0 saturated carbocycles. The summed E-state index contributed by atoms with van der Waals surface area (Å²) in [7, 11) is 0. The van der Waals surface area contributed by atoms with E-state index in [1.807, 2.05) is 18.4 Å². The molecule has 0 saturated heterocycles. The van der Waals surface area contributed by atoms with Gasteiger partial charge in [-0.3, -0.25) is 4.79 Å². The summed E-state index contributed by atoms with van der Waals surface area (Å²) in [5, 5.41) is 7.05. The monoisotopic (exact) mass is 260 g/mol. The highest BCUT2D eigenvalue weighted by atomic mass is 32.1. The van der Waals surface area contributed by atoms with Gasteiger partial charge in [-0.15, -0.1) is 0 Å². The maximum absolute atomic E-state index is 12.0. The van der Waals surface area contributed by atoms with Crippen LogP contribution in [0, 0.1) is 6.92 Å². The molecule has 0 fully saturated rings. The van der Waals surface area contributed by atoms with Gasteiger partial charge >= 0.3 is 0 Å².